The molecule has 2 heterocycles. The van der Waals surface area contributed by atoms with Crippen LogP contribution in [0, 0.1) is 12.8 Å². The van der Waals surface area contributed by atoms with E-state index < -0.39 is 0 Å². The molecule has 0 atom stereocenters. The van der Waals surface area contributed by atoms with Crippen molar-refractivity contribution in [2.75, 3.05) is 32.7 Å². The summed E-state index contributed by atoms with van der Waals surface area (Å²) in [6.45, 7) is 9.92. The van der Waals surface area contributed by atoms with Gasteiger partial charge in [0.1, 0.15) is 0 Å². The number of rotatable bonds is 8. The molecule has 0 bridgehead atoms. The maximum atomic E-state index is 6.31. The van der Waals surface area contributed by atoms with Crippen molar-refractivity contribution in [3.05, 3.63) is 50.9 Å². The molecule has 0 spiro atoms. The van der Waals surface area contributed by atoms with Crippen LogP contribution in [0.4, 0.5) is 0 Å². The van der Waals surface area contributed by atoms with Gasteiger partial charge < -0.3 is 10.6 Å². The van der Waals surface area contributed by atoms with E-state index >= 15 is 0 Å². The van der Waals surface area contributed by atoms with Crippen LogP contribution in [-0.4, -0.2) is 48.6 Å². The predicted octanol–water partition coefficient (Wildman–Crippen LogP) is 4.73. The fourth-order valence-corrected chi connectivity index (χ4v) is 4.43. The summed E-state index contributed by atoms with van der Waals surface area (Å²) >= 11 is 8.01. The van der Waals surface area contributed by atoms with Crippen LogP contribution in [0.25, 0.3) is 0 Å². The number of likely N-dealkylation sites (tertiary alicyclic amines) is 1. The number of hydrogen-bond acceptors (Lipinski definition) is 4. The third-order valence-electron chi connectivity index (χ3n) is 5.25. The van der Waals surface area contributed by atoms with E-state index in [2.05, 4.69) is 45.0 Å². The lowest BCUT2D eigenvalue weighted by atomic mass is 9.96. The van der Waals surface area contributed by atoms with E-state index in [0.717, 1.165) is 67.4 Å². The lowest BCUT2D eigenvalue weighted by Gasteiger charge is -2.31. The summed E-state index contributed by atoms with van der Waals surface area (Å²) in [5.41, 5.74) is 2.38. The molecule has 1 aromatic heterocycles. The second kappa shape index (κ2) is 13.5. The quantitative estimate of drug-likeness (QED) is 0.278. The van der Waals surface area contributed by atoms with Crippen LogP contribution < -0.4 is 10.6 Å². The number of piperidine rings is 1. The predicted molar refractivity (Wildman–Crippen MR) is 139 cm³/mol. The largest absolute Gasteiger partial charge is 0.357 e. The van der Waals surface area contributed by atoms with E-state index in [0.29, 0.717) is 5.92 Å². The van der Waals surface area contributed by atoms with E-state index in [1.165, 1.54) is 18.4 Å². The zero-order chi connectivity index (χ0) is 20.5. The Morgan fingerprint density at radius 1 is 1.27 bits per heavy atom. The molecule has 1 aliphatic rings. The Bertz CT molecular complexity index is 789. The van der Waals surface area contributed by atoms with Gasteiger partial charge in [0.05, 0.1) is 10.7 Å². The molecule has 2 aromatic rings. The summed E-state index contributed by atoms with van der Waals surface area (Å²) in [7, 11) is 0. The Morgan fingerprint density at radius 2 is 2.03 bits per heavy atom. The molecule has 0 amide bonds. The van der Waals surface area contributed by atoms with Gasteiger partial charge in [-0.25, -0.2) is 4.98 Å². The highest BCUT2D eigenvalue weighted by molar-refractivity contribution is 14.0. The van der Waals surface area contributed by atoms with Crippen molar-refractivity contribution < 1.29 is 0 Å². The summed E-state index contributed by atoms with van der Waals surface area (Å²) in [6, 6.07) is 8.15. The highest BCUT2D eigenvalue weighted by Crippen LogP contribution is 2.22. The fraction of sp³-hybridized carbons (Fsp3) is 0.545. The van der Waals surface area contributed by atoms with Gasteiger partial charge in [0.2, 0.25) is 0 Å². The van der Waals surface area contributed by atoms with Crippen LogP contribution in [0.2, 0.25) is 5.02 Å². The van der Waals surface area contributed by atoms with E-state index in [-0.39, 0.29) is 24.0 Å². The molecular formula is C22H33ClIN5S. The Hall–Kier alpha value is -0.900. The van der Waals surface area contributed by atoms with Gasteiger partial charge in [-0.15, -0.1) is 35.3 Å². The van der Waals surface area contributed by atoms with Crippen LogP contribution in [0.15, 0.2) is 34.6 Å². The zero-order valence-electron chi connectivity index (χ0n) is 17.9. The molecule has 0 saturated carbocycles. The Kier molecular flexibility index (Phi) is 11.4. The van der Waals surface area contributed by atoms with Crippen LogP contribution in [0.5, 0.6) is 0 Å². The molecule has 1 fully saturated rings. The number of nitrogens with zero attached hydrogens (tertiary/aromatic N) is 3. The van der Waals surface area contributed by atoms with Crippen molar-refractivity contribution in [3.8, 4) is 0 Å². The summed E-state index contributed by atoms with van der Waals surface area (Å²) in [5.74, 6) is 1.56. The lowest BCUT2D eigenvalue weighted by molar-refractivity contribution is 0.180. The van der Waals surface area contributed by atoms with Crippen molar-refractivity contribution in [1.82, 2.24) is 20.5 Å². The van der Waals surface area contributed by atoms with Crippen molar-refractivity contribution in [3.63, 3.8) is 0 Å². The van der Waals surface area contributed by atoms with Gasteiger partial charge in [0, 0.05) is 43.0 Å². The topological polar surface area (TPSA) is 52.6 Å². The molecule has 0 unspecified atom stereocenters. The number of guanidine groups is 1. The van der Waals surface area contributed by atoms with E-state index in [4.69, 9.17) is 16.6 Å². The fourth-order valence-electron chi connectivity index (χ4n) is 3.59. The van der Waals surface area contributed by atoms with Crippen LogP contribution in [0.1, 0.15) is 36.0 Å². The van der Waals surface area contributed by atoms with Crippen molar-refractivity contribution in [2.45, 2.75) is 39.7 Å². The van der Waals surface area contributed by atoms with Crippen LogP contribution in [-0.2, 0) is 13.0 Å². The number of thiazole rings is 1. The monoisotopic (exact) mass is 561 g/mol. The Morgan fingerprint density at radius 3 is 2.70 bits per heavy atom. The second-order valence-corrected chi connectivity index (χ2v) is 9.03. The number of benzene rings is 1. The number of hydrogen-bond donors (Lipinski definition) is 2. The zero-order valence-corrected chi connectivity index (χ0v) is 21.8. The van der Waals surface area contributed by atoms with Gasteiger partial charge in [-0.3, -0.25) is 9.89 Å². The average molecular weight is 562 g/mol. The first-order chi connectivity index (χ1) is 14.1. The van der Waals surface area contributed by atoms with Crippen molar-refractivity contribution in [2.24, 2.45) is 10.9 Å². The highest BCUT2D eigenvalue weighted by atomic mass is 127. The normalized spacial score (nSPS) is 15.6. The van der Waals surface area contributed by atoms with Crippen LogP contribution in [0.3, 0.4) is 0 Å². The maximum absolute atomic E-state index is 6.31. The maximum Gasteiger partial charge on any atom is 0.191 e. The number of aliphatic imine (C=N–C) groups is 1. The molecule has 1 saturated heterocycles. The summed E-state index contributed by atoms with van der Waals surface area (Å²) < 4.78 is 0. The van der Waals surface area contributed by atoms with Crippen molar-refractivity contribution >= 4 is 52.9 Å². The number of aryl methyl sites for hydroxylation is 1. The van der Waals surface area contributed by atoms with Crippen molar-refractivity contribution in [1.29, 1.82) is 0 Å². The minimum atomic E-state index is 0. The highest BCUT2D eigenvalue weighted by Gasteiger charge is 2.19. The SMILES string of the molecule is CCNC(=NCC1CCN(Cc2ccccc2Cl)CC1)NCCc1csc(C)n1.I. The minimum Gasteiger partial charge on any atom is -0.357 e. The first-order valence-corrected chi connectivity index (χ1v) is 11.8. The lowest BCUT2D eigenvalue weighted by Crippen LogP contribution is -2.39. The second-order valence-electron chi connectivity index (χ2n) is 7.57. The molecule has 0 aliphatic carbocycles. The third kappa shape index (κ3) is 8.32. The van der Waals surface area contributed by atoms with E-state index in [1.807, 2.05) is 19.1 Å². The molecule has 1 aromatic carbocycles. The Labute approximate surface area is 206 Å². The third-order valence-corrected chi connectivity index (χ3v) is 6.44. The molecule has 8 heteroatoms. The van der Waals surface area contributed by atoms with Gasteiger partial charge in [0.15, 0.2) is 5.96 Å². The van der Waals surface area contributed by atoms with Crippen LogP contribution >= 0.6 is 46.9 Å². The molecule has 3 rings (SSSR count). The molecule has 2 N–H and O–H groups in total. The van der Waals surface area contributed by atoms with Gasteiger partial charge >= 0.3 is 0 Å². The van der Waals surface area contributed by atoms with E-state index in [9.17, 15) is 0 Å². The molecule has 5 nitrogen and oxygen atoms in total. The molecule has 30 heavy (non-hydrogen) atoms. The van der Waals surface area contributed by atoms with Gasteiger partial charge in [-0.1, -0.05) is 29.8 Å². The summed E-state index contributed by atoms with van der Waals surface area (Å²) in [4.78, 5) is 11.9. The smallest absolute Gasteiger partial charge is 0.191 e. The first kappa shape index (κ1) is 25.4. The number of nitrogens with one attached hydrogen (secondary N) is 2. The molecular weight excluding hydrogens is 529 g/mol. The minimum absolute atomic E-state index is 0. The number of aromatic nitrogens is 1. The first-order valence-electron chi connectivity index (χ1n) is 10.5. The molecule has 1 aliphatic heterocycles. The summed E-state index contributed by atoms with van der Waals surface area (Å²) in [6.07, 6.45) is 3.30. The standard InChI is InChI=1S/C22H32ClN5S.HI/c1-3-24-22(25-11-8-20-16-29-17(2)27-20)26-14-18-9-12-28(13-10-18)15-19-6-4-5-7-21(19)23;/h4-7,16,18H,3,8-15H2,1-2H3,(H2,24,25,26);1H. The summed E-state index contributed by atoms with van der Waals surface area (Å²) in [5, 5.41) is 10.9. The van der Waals surface area contributed by atoms with Gasteiger partial charge in [-0.2, -0.15) is 0 Å². The van der Waals surface area contributed by atoms with Gasteiger partial charge in [-0.05, 0) is 57.3 Å². The number of halogens is 2. The van der Waals surface area contributed by atoms with Gasteiger partial charge in [0.25, 0.3) is 0 Å². The Balaban J connectivity index is 0.00000320. The molecule has 166 valence electrons. The molecule has 0 radical (unpaired) electrons. The average Bonchev–Trinajstić information content (AvgIpc) is 3.14. The van der Waals surface area contributed by atoms with E-state index in [1.54, 1.807) is 11.3 Å².